The topological polar surface area (TPSA) is 250 Å². The highest BCUT2D eigenvalue weighted by Crippen LogP contribution is 2.44. The number of carbonyl (C=O) groups is 11. The predicted molar refractivity (Wildman–Crippen MR) is 340 cm³/mol. The van der Waals surface area contributed by atoms with Gasteiger partial charge in [0.15, 0.2) is 0 Å². The Balaban J connectivity index is 1.81. The zero-order chi connectivity index (χ0) is 68.7. The molecule has 11 amide bonds. The molecule has 4 fully saturated rings. The number of halogens is 4. The average Bonchev–Trinajstić information content (AvgIpc) is 1.97. The molecule has 3 N–H and O–H groups in total. The van der Waals surface area contributed by atoms with Gasteiger partial charge in [-0.25, -0.2) is 0 Å². The first kappa shape index (κ1) is 77.4. The number of likely N-dealkylation sites (N-methyl/N-ethyl adjacent to an activating group) is 7. The molecule has 516 valence electrons. The third-order valence-corrected chi connectivity index (χ3v) is 20.0. The predicted octanol–water partition coefficient (Wildman–Crippen LogP) is 5.59. The highest BCUT2D eigenvalue weighted by atomic mass is 35.5. The van der Waals surface area contributed by atoms with Crippen molar-refractivity contribution in [2.24, 2.45) is 35.5 Å². The molecule has 0 bridgehead atoms. The molecule has 0 aromatic rings. The van der Waals surface area contributed by atoms with Gasteiger partial charge in [-0.15, -0.1) is 18.2 Å². The first-order valence-corrected chi connectivity index (χ1v) is 33.2. The fourth-order valence-corrected chi connectivity index (χ4v) is 13.9. The maximum atomic E-state index is 15.0. The fourth-order valence-electron chi connectivity index (χ4n) is 13.4. The second-order valence-electron chi connectivity index (χ2n) is 27.6. The minimum atomic E-state index is -4.50. The number of hydrogen-bond donors (Lipinski definition) is 3. The van der Waals surface area contributed by atoms with Crippen LogP contribution < -0.4 is 16.0 Å². The molecule has 0 aromatic carbocycles. The molecule has 12 atom stereocenters. The van der Waals surface area contributed by atoms with Gasteiger partial charge in [-0.3, -0.25) is 52.7 Å². The van der Waals surface area contributed by atoms with Crippen LogP contribution in [-0.2, 0) is 52.7 Å². The van der Waals surface area contributed by atoms with E-state index in [0.717, 1.165) is 46.8 Å². The Kier molecular flexibility index (Phi) is 29.1. The van der Waals surface area contributed by atoms with Gasteiger partial charge in [0.05, 0.1) is 25.6 Å². The lowest BCUT2D eigenvalue weighted by Crippen LogP contribution is -2.64. The Morgan fingerprint density at radius 3 is 1.84 bits per heavy atom. The molecule has 22 nitrogen and oxygen atoms in total. The van der Waals surface area contributed by atoms with Crippen molar-refractivity contribution in [1.82, 2.24) is 55.1 Å². The summed E-state index contributed by atoms with van der Waals surface area (Å²) in [6.45, 7) is 16.3. The van der Waals surface area contributed by atoms with Crippen LogP contribution >= 0.6 is 11.6 Å². The van der Waals surface area contributed by atoms with Gasteiger partial charge in [0.25, 0.3) is 0 Å². The SMILES string of the molecule is C=CC[C@@]1(C)NC(=O)[C@@H]2CCCN2C(=O)[C@H](CCC2CCC(C(F)(F)F)C(Cl)C2)NC(=O)CN(C)C(=O)[C@H](CC2CCCCC2)N(C)C(=O)CN(C)C(=O)CN(C)C(=O)[C@H]([C@@H](C)CC)NC(=O)[C@H](CC(C)C)N(C)C(=O)C[C@@H](C)N(C)C(=O)[C@H](C(C)C)N(C)C1=O. The van der Waals surface area contributed by atoms with Crippen molar-refractivity contribution in [1.29, 1.82) is 0 Å². The van der Waals surface area contributed by atoms with Crippen molar-refractivity contribution in [2.45, 2.75) is 224 Å². The Bertz CT molecular complexity index is 2590. The van der Waals surface area contributed by atoms with Gasteiger partial charge in [0.1, 0.15) is 41.8 Å². The fraction of sp³-hybridized carbons (Fsp3) is 0.800. The zero-order valence-corrected chi connectivity index (χ0v) is 57.6. The number of carbonyl (C=O) groups excluding carboxylic acids is 11. The molecule has 4 aliphatic rings. The van der Waals surface area contributed by atoms with Crippen molar-refractivity contribution >= 4 is 76.6 Å². The van der Waals surface area contributed by atoms with Crippen LogP contribution in [0.25, 0.3) is 0 Å². The van der Waals surface area contributed by atoms with Crippen LogP contribution in [0.15, 0.2) is 12.7 Å². The highest BCUT2D eigenvalue weighted by Gasteiger charge is 2.49. The molecule has 0 aromatic heterocycles. The molecule has 26 heteroatoms. The third-order valence-electron chi connectivity index (χ3n) is 19.5. The van der Waals surface area contributed by atoms with Crippen LogP contribution in [0.4, 0.5) is 13.2 Å². The Morgan fingerprint density at radius 1 is 0.659 bits per heavy atom. The van der Waals surface area contributed by atoms with E-state index in [2.05, 4.69) is 22.5 Å². The van der Waals surface area contributed by atoms with Crippen LogP contribution in [0.5, 0.6) is 0 Å². The van der Waals surface area contributed by atoms with Gasteiger partial charge in [-0.05, 0) is 108 Å². The summed E-state index contributed by atoms with van der Waals surface area (Å²) in [7, 11) is 10.0. The summed E-state index contributed by atoms with van der Waals surface area (Å²) >= 11 is 6.35. The molecule has 91 heavy (non-hydrogen) atoms. The molecule has 2 saturated carbocycles. The van der Waals surface area contributed by atoms with Crippen molar-refractivity contribution in [3.8, 4) is 0 Å². The Morgan fingerprint density at radius 2 is 1.26 bits per heavy atom. The Labute approximate surface area is 543 Å². The number of nitrogens with one attached hydrogen (secondary N) is 3. The molecule has 2 heterocycles. The largest absolute Gasteiger partial charge is 0.393 e. The molecule has 3 unspecified atom stereocenters. The van der Waals surface area contributed by atoms with E-state index in [4.69, 9.17) is 11.6 Å². The van der Waals surface area contributed by atoms with E-state index in [9.17, 15) is 61.1 Å². The maximum Gasteiger partial charge on any atom is 0.393 e. The molecule has 4 rings (SSSR count). The first-order chi connectivity index (χ1) is 42.4. The summed E-state index contributed by atoms with van der Waals surface area (Å²) in [6.07, 6.45) is 2.40. The molecule has 0 radical (unpaired) electrons. The summed E-state index contributed by atoms with van der Waals surface area (Å²) in [5.74, 6) is -9.96. The van der Waals surface area contributed by atoms with Crippen LogP contribution in [0.2, 0.25) is 0 Å². The number of amides is 11. The number of nitrogens with zero attached hydrogens (tertiary/aromatic N) is 8. The summed E-state index contributed by atoms with van der Waals surface area (Å²) in [5.41, 5.74) is -1.74. The molecular formula is C65H107ClF3N11O11. The van der Waals surface area contributed by atoms with Crippen LogP contribution in [0.1, 0.15) is 165 Å². The number of hydrogen-bond acceptors (Lipinski definition) is 11. The second-order valence-corrected chi connectivity index (χ2v) is 28.1. The first-order valence-electron chi connectivity index (χ1n) is 32.7. The Hall–Kier alpha value is -6.01. The van der Waals surface area contributed by atoms with Gasteiger partial charge in [-0.1, -0.05) is 86.1 Å². The molecule has 2 saturated heterocycles. The van der Waals surface area contributed by atoms with Crippen molar-refractivity contribution in [3.63, 3.8) is 0 Å². The number of alkyl halides is 4. The quantitative estimate of drug-likeness (QED) is 0.161. The summed E-state index contributed by atoms with van der Waals surface area (Å²) in [5, 5.41) is 7.34. The lowest BCUT2D eigenvalue weighted by molar-refractivity contribution is -0.182. The van der Waals surface area contributed by atoms with E-state index in [0.29, 0.717) is 12.8 Å². The lowest BCUT2D eigenvalue weighted by Gasteiger charge is -2.40. The van der Waals surface area contributed by atoms with E-state index >= 15 is 4.79 Å². The summed E-state index contributed by atoms with van der Waals surface area (Å²) in [6, 6.07) is -7.73. The third kappa shape index (κ3) is 20.7. The van der Waals surface area contributed by atoms with Gasteiger partial charge >= 0.3 is 6.18 Å². The molecule has 2 aliphatic heterocycles. The minimum Gasteiger partial charge on any atom is -0.343 e. The monoisotopic (exact) mass is 1310 g/mol. The van der Waals surface area contributed by atoms with Crippen molar-refractivity contribution in [2.75, 3.05) is 75.5 Å². The van der Waals surface area contributed by atoms with Gasteiger partial charge < -0.3 is 55.1 Å². The normalized spacial score (nSPS) is 30.1. The van der Waals surface area contributed by atoms with E-state index in [1.165, 1.54) is 86.8 Å². The lowest BCUT2D eigenvalue weighted by atomic mass is 9.78. The summed E-state index contributed by atoms with van der Waals surface area (Å²) in [4.78, 5) is 170. The van der Waals surface area contributed by atoms with E-state index in [1.807, 2.05) is 20.8 Å². The minimum absolute atomic E-state index is 0.000715. The molecule has 0 spiro atoms. The van der Waals surface area contributed by atoms with Crippen LogP contribution in [-0.4, -0.2) is 239 Å². The van der Waals surface area contributed by atoms with Crippen LogP contribution in [0, 0.1) is 35.5 Å². The smallest absolute Gasteiger partial charge is 0.343 e. The second kappa shape index (κ2) is 34.2. The number of fused-ring (bicyclic) bond motifs is 1. The van der Waals surface area contributed by atoms with E-state index in [-0.39, 0.29) is 88.5 Å². The highest BCUT2D eigenvalue weighted by molar-refractivity contribution is 6.20. The van der Waals surface area contributed by atoms with E-state index in [1.54, 1.807) is 27.7 Å². The average molecular weight is 1310 g/mol. The van der Waals surface area contributed by atoms with Gasteiger partial charge in [0.2, 0.25) is 65.0 Å². The van der Waals surface area contributed by atoms with Gasteiger partial charge in [-0.2, -0.15) is 13.2 Å². The van der Waals surface area contributed by atoms with E-state index < -0.39 is 162 Å². The molecular weight excluding hydrogens is 1200 g/mol. The maximum absolute atomic E-state index is 15.0. The van der Waals surface area contributed by atoms with Crippen LogP contribution in [0.3, 0.4) is 0 Å². The molecule has 2 aliphatic carbocycles. The summed E-state index contributed by atoms with van der Waals surface area (Å²) < 4.78 is 41.7. The standard InChI is InChI=1S/C65H107ClF3N11O11/c1-17-30-64(9)63(91)79(16)56(40(5)6)62(90)76(13)42(8)33-52(82)77(14)49(32-39(3)4)57(85)71-55(41(7)18-2)61(89)75(12)37-53(83)73(10)38-54(84)78(15)50(35-43-23-20-19-21-24-43)60(88)74(11)36-51(81)70-47(59(87)80-31-22-25-48(80)58(86)72-64)29-27-44-26-28-45(46(66)34-44)65(67,68)69/h17,39-50,55-56H,1,18-38H2,2-16H3,(H,70,81)(H,71,85)(H,72,86)/t41-,42+,44?,45?,46?,47-,48-,49-,50-,55-,56-,64+/m0/s1. The zero-order valence-electron chi connectivity index (χ0n) is 56.8. The van der Waals surface area contributed by atoms with Crippen molar-refractivity contribution in [3.05, 3.63) is 12.7 Å². The van der Waals surface area contributed by atoms with Crippen molar-refractivity contribution < 1.29 is 65.9 Å². The van der Waals surface area contributed by atoms with Gasteiger partial charge in [0, 0.05) is 73.7 Å². The number of rotatable bonds is 12.